The molecule has 0 spiro atoms. The Labute approximate surface area is 113 Å². The van der Waals surface area contributed by atoms with Gasteiger partial charge < -0.3 is 15.7 Å². The molecular formula is C11H22N2O5S. The molecule has 19 heavy (non-hydrogen) atoms. The molecule has 8 heteroatoms. The Hall–Kier alpha value is -1.31. The van der Waals surface area contributed by atoms with Crippen molar-refractivity contribution in [2.45, 2.75) is 32.7 Å². The van der Waals surface area contributed by atoms with Crippen LogP contribution < -0.4 is 10.6 Å². The first-order chi connectivity index (χ1) is 8.67. The zero-order chi connectivity index (χ0) is 15.1. The van der Waals surface area contributed by atoms with E-state index in [2.05, 4.69) is 10.6 Å². The first-order valence-corrected chi connectivity index (χ1v) is 8.18. The van der Waals surface area contributed by atoms with Crippen molar-refractivity contribution in [2.75, 3.05) is 18.6 Å². The van der Waals surface area contributed by atoms with E-state index in [1.54, 1.807) is 6.92 Å². The molecule has 0 heterocycles. The summed E-state index contributed by atoms with van der Waals surface area (Å²) < 4.78 is 21.7. The lowest BCUT2D eigenvalue weighted by molar-refractivity contribution is -0.140. The number of aliphatic carboxylic acids is 1. The second kappa shape index (κ2) is 7.98. The highest BCUT2D eigenvalue weighted by molar-refractivity contribution is 7.90. The minimum Gasteiger partial charge on any atom is -0.480 e. The number of urea groups is 1. The predicted molar refractivity (Wildman–Crippen MR) is 71.7 cm³/mol. The van der Waals surface area contributed by atoms with E-state index in [4.69, 9.17) is 5.11 Å². The Morgan fingerprint density at radius 3 is 2.32 bits per heavy atom. The Morgan fingerprint density at radius 1 is 1.32 bits per heavy atom. The molecule has 3 N–H and O–H groups in total. The molecule has 112 valence electrons. The second-order valence-electron chi connectivity index (χ2n) is 4.59. The predicted octanol–water partition coefficient (Wildman–Crippen LogP) is 0.220. The van der Waals surface area contributed by atoms with Crippen LogP contribution in [0, 0.1) is 5.92 Å². The molecule has 0 aromatic carbocycles. The van der Waals surface area contributed by atoms with Crippen LogP contribution in [0.2, 0.25) is 0 Å². The van der Waals surface area contributed by atoms with Crippen molar-refractivity contribution >= 4 is 21.8 Å². The zero-order valence-corrected chi connectivity index (χ0v) is 12.3. The number of carboxylic acids is 1. The first-order valence-electron chi connectivity index (χ1n) is 6.12. The van der Waals surface area contributed by atoms with E-state index >= 15 is 0 Å². The van der Waals surface area contributed by atoms with Gasteiger partial charge in [0.2, 0.25) is 0 Å². The second-order valence-corrected chi connectivity index (χ2v) is 6.84. The van der Waals surface area contributed by atoms with Crippen molar-refractivity contribution in [2.24, 2.45) is 5.92 Å². The summed E-state index contributed by atoms with van der Waals surface area (Å²) >= 11 is 0. The standard InChI is InChI=1S/C11H22N2O5S/c1-4-8(2)9(10(14)15)13-11(16)12-6-5-7-19(3,17)18/h8-9H,4-7H2,1-3H3,(H,14,15)(H2,12,13,16)/t8-,9-/m0/s1. The maximum atomic E-state index is 11.5. The van der Waals surface area contributed by atoms with Crippen LogP contribution in [0.1, 0.15) is 26.7 Å². The van der Waals surface area contributed by atoms with Crippen LogP contribution >= 0.6 is 0 Å². The van der Waals surface area contributed by atoms with Gasteiger partial charge in [-0.3, -0.25) is 0 Å². The SMILES string of the molecule is CC[C@H](C)[C@H](NC(=O)NCCCS(C)(=O)=O)C(=O)O. The van der Waals surface area contributed by atoms with Gasteiger partial charge in [-0.2, -0.15) is 0 Å². The van der Waals surface area contributed by atoms with Crippen LogP contribution in [0.3, 0.4) is 0 Å². The van der Waals surface area contributed by atoms with Crippen LogP contribution in [0.25, 0.3) is 0 Å². The molecule has 0 aromatic rings. The fourth-order valence-electron chi connectivity index (χ4n) is 1.41. The minimum absolute atomic E-state index is 0.0129. The highest BCUT2D eigenvalue weighted by atomic mass is 32.2. The topological polar surface area (TPSA) is 113 Å². The maximum absolute atomic E-state index is 11.5. The monoisotopic (exact) mass is 294 g/mol. The number of carbonyl (C=O) groups excluding carboxylic acids is 1. The Morgan fingerprint density at radius 2 is 1.89 bits per heavy atom. The smallest absolute Gasteiger partial charge is 0.326 e. The number of carbonyl (C=O) groups is 2. The molecule has 0 saturated carbocycles. The summed E-state index contributed by atoms with van der Waals surface area (Å²) in [5.74, 6) is -1.28. The number of sulfone groups is 1. The molecular weight excluding hydrogens is 272 g/mol. The molecule has 0 bridgehead atoms. The molecule has 0 aliphatic heterocycles. The summed E-state index contributed by atoms with van der Waals surface area (Å²) in [6, 6.07) is -1.54. The summed E-state index contributed by atoms with van der Waals surface area (Å²) in [6.07, 6.45) is 2.05. The molecule has 2 amide bonds. The number of nitrogens with one attached hydrogen (secondary N) is 2. The van der Waals surface area contributed by atoms with Crippen LogP contribution in [-0.4, -0.2) is 50.1 Å². The molecule has 0 aliphatic rings. The van der Waals surface area contributed by atoms with Gasteiger partial charge in [-0.15, -0.1) is 0 Å². The van der Waals surface area contributed by atoms with Crippen molar-refractivity contribution in [1.29, 1.82) is 0 Å². The van der Waals surface area contributed by atoms with E-state index in [0.29, 0.717) is 12.8 Å². The summed E-state index contributed by atoms with van der Waals surface area (Å²) in [5.41, 5.74) is 0. The minimum atomic E-state index is -3.04. The molecule has 0 unspecified atom stereocenters. The van der Waals surface area contributed by atoms with Crippen LogP contribution in [0.4, 0.5) is 4.79 Å². The summed E-state index contributed by atoms with van der Waals surface area (Å²) in [4.78, 5) is 22.4. The maximum Gasteiger partial charge on any atom is 0.326 e. The first kappa shape index (κ1) is 17.7. The number of rotatable bonds is 8. The van der Waals surface area contributed by atoms with Crippen LogP contribution in [0.5, 0.6) is 0 Å². The van der Waals surface area contributed by atoms with E-state index < -0.39 is 27.9 Å². The van der Waals surface area contributed by atoms with E-state index in [1.807, 2.05) is 6.92 Å². The molecule has 7 nitrogen and oxygen atoms in total. The summed E-state index contributed by atoms with van der Waals surface area (Å²) in [7, 11) is -3.04. The normalized spacial score (nSPS) is 14.5. The Balaban J connectivity index is 4.11. The molecule has 0 aromatic heterocycles. The lowest BCUT2D eigenvalue weighted by Crippen LogP contribution is -2.49. The van der Waals surface area contributed by atoms with Gasteiger partial charge in [0.05, 0.1) is 5.75 Å². The molecule has 2 atom stereocenters. The van der Waals surface area contributed by atoms with E-state index in [9.17, 15) is 18.0 Å². The Bertz CT molecular complexity index is 407. The van der Waals surface area contributed by atoms with Gasteiger partial charge in [0.15, 0.2) is 0 Å². The highest BCUT2D eigenvalue weighted by Gasteiger charge is 2.24. The van der Waals surface area contributed by atoms with Crippen molar-refractivity contribution in [1.82, 2.24) is 10.6 Å². The lowest BCUT2D eigenvalue weighted by Gasteiger charge is -2.20. The quantitative estimate of drug-likeness (QED) is 0.554. The van der Waals surface area contributed by atoms with Crippen LogP contribution in [-0.2, 0) is 14.6 Å². The fraction of sp³-hybridized carbons (Fsp3) is 0.818. The molecule has 0 fully saturated rings. The number of hydrogen-bond donors (Lipinski definition) is 3. The molecule has 0 radical (unpaired) electrons. The van der Waals surface area contributed by atoms with Gasteiger partial charge in [0.25, 0.3) is 0 Å². The average molecular weight is 294 g/mol. The van der Waals surface area contributed by atoms with Gasteiger partial charge >= 0.3 is 12.0 Å². The highest BCUT2D eigenvalue weighted by Crippen LogP contribution is 2.07. The third kappa shape index (κ3) is 8.41. The van der Waals surface area contributed by atoms with Crippen molar-refractivity contribution < 1.29 is 23.1 Å². The zero-order valence-electron chi connectivity index (χ0n) is 11.5. The van der Waals surface area contributed by atoms with Crippen LogP contribution in [0.15, 0.2) is 0 Å². The number of carboxylic acid groups (broad SMARTS) is 1. The van der Waals surface area contributed by atoms with Crippen molar-refractivity contribution in [3.05, 3.63) is 0 Å². The van der Waals surface area contributed by atoms with Gasteiger partial charge in [-0.25, -0.2) is 18.0 Å². The van der Waals surface area contributed by atoms with E-state index in [0.717, 1.165) is 6.26 Å². The molecule has 0 rings (SSSR count). The summed E-state index contributed by atoms with van der Waals surface area (Å²) in [6.45, 7) is 3.76. The molecule has 0 saturated heterocycles. The third-order valence-electron chi connectivity index (χ3n) is 2.74. The van der Waals surface area contributed by atoms with Gasteiger partial charge in [-0.1, -0.05) is 20.3 Å². The van der Waals surface area contributed by atoms with Crippen molar-refractivity contribution in [3.8, 4) is 0 Å². The lowest BCUT2D eigenvalue weighted by atomic mass is 9.99. The largest absolute Gasteiger partial charge is 0.480 e. The van der Waals surface area contributed by atoms with Gasteiger partial charge in [0.1, 0.15) is 15.9 Å². The average Bonchev–Trinajstić information content (AvgIpc) is 2.29. The number of hydrogen-bond acceptors (Lipinski definition) is 4. The number of amides is 2. The van der Waals surface area contributed by atoms with Gasteiger partial charge in [-0.05, 0) is 12.3 Å². The van der Waals surface area contributed by atoms with E-state index in [-0.39, 0.29) is 18.2 Å². The van der Waals surface area contributed by atoms with Gasteiger partial charge in [0, 0.05) is 12.8 Å². The van der Waals surface area contributed by atoms with E-state index in [1.165, 1.54) is 0 Å². The molecule has 0 aliphatic carbocycles. The third-order valence-corrected chi connectivity index (χ3v) is 3.77. The van der Waals surface area contributed by atoms with Crippen molar-refractivity contribution in [3.63, 3.8) is 0 Å². The fourth-order valence-corrected chi connectivity index (χ4v) is 2.08. The Kier molecular flexibility index (Phi) is 7.43. The summed E-state index contributed by atoms with van der Waals surface area (Å²) in [5, 5.41) is 13.8.